The van der Waals surface area contributed by atoms with E-state index in [9.17, 15) is 8.78 Å². The van der Waals surface area contributed by atoms with Gasteiger partial charge < -0.3 is 5.73 Å². The first kappa shape index (κ1) is 13.4. The number of halogens is 2. The molecular weight excluding hydrogens is 250 g/mol. The second kappa shape index (κ2) is 5.29. The van der Waals surface area contributed by atoms with Gasteiger partial charge in [0.2, 0.25) is 0 Å². The molecule has 1 atom stereocenters. The standard InChI is InChI=1S/C13H14F2N4/c1-7-5-6-18-13(16)10(7)12(19-17)11-8(14)3-2-4-9(11)15/h2-6,12,19H,17H2,1H3,(H2,16,18). The Hall–Kier alpha value is -2.05. The molecule has 0 bridgehead atoms. The molecule has 0 aliphatic heterocycles. The van der Waals surface area contributed by atoms with Crippen molar-refractivity contribution < 1.29 is 8.78 Å². The Morgan fingerprint density at radius 3 is 2.32 bits per heavy atom. The fourth-order valence-electron chi connectivity index (χ4n) is 2.06. The predicted octanol–water partition coefficient (Wildman–Crippen LogP) is 1.80. The number of rotatable bonds is 3. The van der Waals surface area contributed by atoms with E-state index in [-0.39, 0.29) is 11.4 Å². The fourth-order valence-corrected chi connectivity index (χ4v) is 2.06. The molecule has 0 radical (unpaired) electrons. The van der Waals surface area contributed by atoms with E-state index in [1.807, 2.05) is 0 Å². The zero-order chi connectivity index (χ0) is 14.0. The molecule has 1 unspecified atom stereocenters. The van der Waals surface area contributed by atoms with Crippen molar-refractivity contribution in [1.29, 1.82) is 0 Å². The highest BCUT2D eigenvalue weighted by atomic mass is 19.1. The number of anilines is 1. The number of hydrogen-bond donors (Lipinski definition) is 3. The summed E-state index contributed by atoms with van der Waals surface area (Å²) in [6, 6.07) is 4.44. The lowest BCUT2D eigenvalue weighted by atomic mass is 9.95. The number of nitrogens with zero attached hydrogens (tertiary/aromatic N) is 1. The summed E-state index contributed by atoms with van der Waals surface area (Å²) in [5, 5.41) is 0. The normalized spacial score (nSPS) is 12.4. The minimum Gasteiger partial charge on any atom is -0.383 e. The number of hydrogen-bond acceptors (Lipinski definition) is 4. The number of nitrogens with one attached hydrogen (secondary N) is 1. The van der Waals surface area contributed by atoms with Crippen LogP contribution < -0.4 is 17.0 Å². The second-order valence-corrected chi connectivity index (χ2v) is 4.16. The highest BCUT2D eigenvalue weighted by Crippen LogP contribution is 2.30. The smallest absolute Gasteiger partial charge is 0.131 e. The minimum absolute atomic E-state index is 0.173. The highest BCUT2D eigenvalue weighted by molar-refractivity contribution is 5.50. The largest absolute Gasteiger partial charge is 0.383 e. The van der Waals surface area contributed by atoms with Crippen LogP contribution in [0.1, 0.15) is 22.7 Å². The Morgan fingerprint density at radius 1 is 1.16 bits per heavy atom. The van der Waals surface area contributed by atoms with Gasteiger partial charge in [0.15, 0.2) is 0 Å². The molecule has 1 heterocycles. The second-order valence-electron chi connectivity index (χ2n) is 4.16. The van der Waals surface area contributed by atoms with Crippen LogP contribution in [0.2, 0.25) is 0 Å². The maximum Gasteiger partial charge on any atom is 0.131 e. The molecule has 5 N–H and O–H groups in total. The third-order valence-corrected chi connectivity index (χ3v) is 2.98. The van der Waals surface area contributed by atoms with Crippen molar-refractivity contribution in [2.75, 3.05) is 5.73 Å². The Kier molecular flexibility index (Phi) is 3.73. The van der Waals surface area contributed by atoms with Gasteiger partial charge in [0.1, 0.15) is 17.5 Å². The predicted molar refractivity (Wildman–Crippen MR) is 68.9 cm³/mol. The van der Waals surface area contributed by atoms with Crippen LogP contribution in [-0.4, -0.2) is 4.98 Å². The number of nitrogens with two attached hydrogens (primary N) is 2. The molecular formula is C13H14F2N4. The van der Waals surface area contributed by atoms with Crippen molar-refractivity contribution in [3.8, 4) is 0 Å². The minimum atomic E-state index is -0.894. The van der Waals surface area contributed by atoms with Crippen LogP contribution in [0.25, 0.3) is 0 Å². The number of pyridine rings is 1. The monoisotopic (exact) mass is 264 g/mol. The summed E-state index contributed by atoms with van der Waals surface area (Å²) in [5.41, 5.74) is 9.22. The van der Waals surface area contributed by atoms with Crippen molar-refractivity contribution >= 4 is 5.82 Å². The number of aromatic nitrogens is 1. The van der Waals surface area contributed by atoms with Crippen LogP contribution in [0.3, 0.4) is 0 Å². The van der Waals surface area contributed by atoms with Gasteiger partial charge in [-0.05, 0) is 30.7 Å². The molecule has 100 valence electrons. The molecule has 0 saturated carbocycles. The van der Waals surface area contributed by atoms with Gasteiger partial charge in [0, 0.05) is 17.3 Å². The van der Waals surface area contributed by atoms with Crippen LogP contribution in [0, 0.1) is 18.6 Å². The lowest BCUT2D eigenvalue weighted by Gasteiger charge is -2.21. The maximum atomic E-state index is 13.8. The summed E-state index contributed by atoms with van der Waals surface area (Å²) in [6.45, 7) is 1.77. The molecule has 0 fully saturated rings. The average molecular weight is 264 g/mol. The molecule has 2 rings (SSSR count). The van der Waals surface area contributed by atoms with E-state index in [2.05, 4.69) is 10.4 Å². The van der Waals surface area contributed by atoms with Gasteiger partial charge in [0.05, 0.1) is 6.04 Å². The molecule has 0 aliphatic rings. The van der Waals surface area contributed by atoms with Crippen LogP contribution >= 0.6 is 0 Å². The zero-order valence-electron chi connectivity index (χ0n) is 10.3. The topological polar surface area (TPSA) is 77.0 Å². The molecule has 0 aliphatic carbocycles. The van der Waals surface area contributed by atoms with Crippen LogP contribution in [0.4, 0.5) is 14.6 Å². The van der Waals surface area contributed by atoms with Crippen LogP contribution in [0.15, 0.2) is 30.5 Å². The van der Waals surface area contributed by atoms with Crippen molar-refractivity contribution in [3.63, 3.8) is 0 Å². The summed E-state index contributed by atoms with van der Waals surface area (Å²) < 4.78 is 27.7. The SMILES string of the molecule is Cc1ccnc(N)c1C(NN)c1c(F)cccc1F. The van der Waals surface area contributed by atoms with E-state index in [1.54, 1.807) is 13.0 Å². The van der Waals surface area contributed by atoms with E-state index >= 15 is 0 Å². The van der Waals surface area contributed by atoms with Crippen molar-refractivity contribution in [1.82, 2.24) is 10.4 Å². The Labute approximate surface area is 109 Å². The molecule has 2 aromatic rings. The Morgan fingerprint density at radius 2 is 1.79 bits per heavy atom. The van der Waals surface area contributed by atoms with Gasteiger partial charge in [-0.25, -0.2) is 19.2 Å². The molecule has 0 spiro atoms. The van der Waals surface area contributed by atoms with Gasteiger partial charge in [-0.2, -0.15) is 0 Å². The quantitative estimate of drug-likeness (QED) is 0.583. The van der Waals surface area contributed by atoms with E-state index < -0.39 is 17.7 Å². The maximum absolute atomic E-state index is 13.8. The van der Waals surface area contributed by atoms with Crippen LogP contribution in [-0.2, 0) is 0 Å². The van der Waals surface area contributed by atoms with Gasteiger partial charge in [-0.1, -0.05) is 6.07 Å². The molecule has 1 aromatic carbocycles. The van der Waals surface area contributed by atoms with Gasteiger partial charge in [0.25, 0.3) is 0 Å². The summed E-state index contributed by atoms with van der Waals surface area (Å²) in [6.07, 6.45) is 1.53. The first-order chi connectivity index (χ1) is 9.06. The summed E-state index contributed by atoms with van der Waals surface area (Å²) >= 11 is 0. The highest BCUT2D eigenvalue weighted by Gasteiger charge is 2.24. The summed E-state index contributed by atoms with van der Waals surface area (Å²) in [4.78, 5) is 3.93. The van der Waals surface area contributed by atoms with E-state index in [1.165, 1.54) is 24.4 Å². The molecule has 0 amide bonds. The molecule has 0 saturated heterocycles. The molecule has 6 heteroatoms. The zero-order valence-corrected chi connectivity index (χ0v) is 10.3. The third-order valence-electron chi connectivity index (χ3n) is 2.98. The van der Waals surface area contributed by atoms with Gasteiger partial charge >= 0.3 is 0 Å². The number of benzene rings is 1. The molecule has 19 heavy (non-hydrogen) atoms. The van der Waals surface area contributed by atoms with Crippen molar-refractivity contribution in [3.05, 3.63) is 58.8 Å². The summed E-state index contributed by atoms with van der Waals surface area (Å²) in [7, 11) is 0. The number of hydrazine groups is 1. The van der Waals surface area contributed by atoms with Gasteiger partial charge in [-0.15, -0.1) is 0 Å². The molecule has 1 aromatic heterocycles. The van der Waals surface area contributed by atoms with Crippen LogP contribution in [0.5, 0.6) is 0 Å². The first-order valence-corrected chi connectivity index (χ1v) is 5.67. The van der Waals surface area contributed by atoms with E-state index in [0.29, 0.717) is 5.56 Å². The van der Waals surface area contributed by atoms with Gasteiger partial charge in [-0.3, -0.25) is 5.84 Å². The molecule has 4 nitrogen and oxygen atoms in total. The summed E-state index contributed by atoms with van der Waals surface area (Å²) in [5.74, 6) is 4.25. The fraction of sp³-hybridized carbons (Fsp3) is 0.154. The lowest BCUT2D eigenvalue weighted by molar-refractivity contribution is 0.510. The van der Waals surface area contributed by atoms with E-state index in [4.69, 9.17) is 11.6 Å². The first-order valence-electron chi connectivity index (χ1n) is 5.67. The van der Waals surface area contributed by atoms with Crippen molar-refractivity contribution in [2.24, 2.45) is 5.84 Å². The lowest BCUT2D eigenvalue weighted by Crippen LogP contribution is -2.31. The van der Waals surface area contributed by atoms with Crippen molar-refractivity contribution in [2.45, 2.75) is 13.0 Å². The number of aryl methyl sites for hydroxylation is 1. The average Bonchev–Trinajstić information content (AvgIpc) is 2.36. The number of nitrogen functional groups attached to an aromatic ring is 1. The third kappa shape index (κ3) is 2.40. The Bertz CT molecular complexity index is 509. The van der Waals surface area contributed by atoms with E-state index in [0.717, 1.165) is 5.56 Å². The Balaban J connectivity index is 2.64.